The van der Waals surface area contributed by atoms with Crippen molar-refractivity contribution in [1.82, 2.24) is 5.43 Å². The second-order valence-corrected chi connectivity index (χ2v) is 5.03. The van der Waals surface area contributed by atoms with Crippen molar-refractivity contribution in [3.8, 4) is 0 Å². The van der Waals surface area contributed by atoms with Crippen molar-refractivity contribution in [2.75, 3.05) is 5.32 Å². The van der Waals surface area contributed by atoms with E-state index in [1.54, 1.807) is 37.4 Å². The van der Waals surface area contributed by atoms with E-state index in [9.17, 15) is 9.59 Å². The Morgan fingerprint density at radius 3 is 2.43 bits per heavy atom. The second kappa shape index (κ2) is 7.89. The zero-order valence-electron chi connectivity index (χ0n) is 13.2. The van der Waals surface area contributed by atoms with E-state index in [0.29, 0.717) is 17.7 Å². The molecule has 0 radical (unpaired) electrons. The molecule has 2 amide bonds. The van der Waals surface area contributed by atoms with Crippen LogP contribution in [0.15, 0.2) is 53.6 Å². The number of aryl methyl sites for hydroxylation is 1. The van der Waals surface area contributed by atoms with Gasteiger partial charge in [0.15, 0.2) is 0 Å². The standard InChI is InChI=1S/C18H19N3O2/c1-3-17(22)20-16-10-8-14(9-11-16)18(23)21-19-12-15-7-5-4-6-13(15)2/h4-12H,3H2,1-2H3,(H,20,22)(H,21,23)/b19-12-. The number of nitrogens with zero attached hydrogens (tertiary/aromatic N) is 1. The molecule has 5 nitrogen and oxygen atoms in total. The summed E-state index contributed by atoms with van der Waals surface area (Å²) in [5.41, 5.74) is 5.66. The quantitative estimate of drug-likeness (QED) is 0.658. The molecule has 0 aromatic heterocycles. The summed E-state index contributed by atoms with van der Waals surface area (Å²) < 4.78 is 0. The van der Waals surface area contributed by atoms with Crippen molar-refractivity contribution in [3.63, 3.8) is 0 Å². The SMILES string of the molecule is CCC(=O)Nc1ccc(C(=O)N/N=C\c2ccccc2C)cc1. The number of benzene rings is 2. The molecule has 0 heterocycles. The van der Waals surface area contributed by atoms with Gasteiger partial charge >= 0.3 is 0 Å². The van der Waals surface area contributed by atoms with Gasteiger partial charge in [-0.3, -0.25) is 9.59 Å². The molecule has 0 bridgehead atoms. The lowest BCUT2D eigenvalue weighted by Crippen LogP contribution is -2.17. The zero-order chi connectivity index (χ0) is 16.7. The highest BCUT2D eigenvalue weighted by molar-refractivity contribution is 5.96. The van der Waals surface area contributed by atoms with Gasteiger partial charge < -0.3 is 5.32 Å². The van der Waals surface area contributed by atoms with Crippen LogP contribution in [-0.2, 0) is 4.79 Å². The van der Waals surface area contributed by atoms with Crippen LogP contribution in [0.3, 0.4) is 0 Å². The van der Waals surface area contributed by atoms with Crippen molar-refractivity contribution >= 4 is 23.7 Å². The van der Waals surface area contributed by atoms with Crippen molar-refractivity contribution in [2.45, 2.75) is 20.3 Å². The van der Waals surface area contributed by atoms with Crippen molar-refractivity contribution < 1.29 is 9.59 Å². The topological polar surface area (TPSA) is 70.6 Å². The van der Waals surface area contributed by atoms with Gasteiger partial charge in [0, 0.05) is 17.7 Å². The second-order valence-electron chi connectivity index (χ2n) is 5.03. The average Bonchev–Trinajstić information content (AvgIpc) is 2.57. The fourth-order valence-corrected chi connectivity index (χ4v) is 1.91. The minimum Gasteiger partial charge on any atom is -0.326 e. The van der Waals surface area contributed by atoms with E-state index in [2.05, 4.69) is 15.8 Å². The van der Waals surface area contributed by atoms with Crippen molar-refractivity contribution in [3.05, 3.63) is 65.2 Å². The number of carbonyl (C=O) groups excluding carboxylic acids is 2. The Kier molecular flexibility index (Phi) is 5.63. The van der Waals surface area contributed by atoms with Gasteiger partial charge in [-0.25, -0.2) is 5.43 Å². The monoisotopic (exact) mass is 309 g/mol. The Balaban J connectivity index is 1.96. The summed E-state index contributed by atoms with van der Waals surface area (Å²) in [5, 5.41) is 6.70. The van der Waals surface area contributed by atoms with E-state index >= 15 is 0 Å². The molecule has 5 heteroatoms. The number of carbonyl (C=O) groups is 2. The van der Waals surface area contributed by atoms with Gasteiger partial charge in [-0.15, -0.1) is 0 Å². The molecule has 2 N–H and O–H groups in total. The van der Waals surface area contributed by atoms with E-state index in [1.165, 1.54) is 0 Å². The van der Waals surface area contributed by atoms with Crippen LogP contribution in [0.5, 0.6) is 0 Å². The van der Waals surface area contributed by atoms with E-state index < -0.39 is 0 Å². The van der Waals surface area contributed by atoms with Crippen LogP contribution in [0, 0.1) is 6.92 Å². The molecule has 0 unspecified atom stereocenters. The van der Waals surface area contributed by atoms with E-state index in [0.717, 1.165) is 11.1 Å². The number of anilines is 1. The summed E-state index contributed by atoms with van der Waals surface area (Å²) >= 11 is 0. The fourth-order valence-electron chi connectivity index (χ4n) is 1.91. The van der Waals surface area contributed by atoms with E-state index in [-0.39, 0.29) is 11.8 Å². The third-order valence-corrected chi connectivity index (χ3v) is 3.31. The highest BCUT2D eigenvalue weighted by atomic mass is 16.2. The first-order valence-corrected chi connectivity index (χ1v) is 7.39. The first kappa shape index (κ1) is 16.4. The first-order chi connectivity index (χ1) is 11.1. The molecule has 0 saturated carbocycles. The molecule has 0 spiro atoms. The Morgan fingerprint density at radius 2 is 1.78 bits per heavy atom. The summed E-state index contributed by atoms with van der Waals surface area (Å²) in [5.74, 6) is -0.367. The largest absolute Gasteiger partial charge is 0.326 e. The lowest BCUT2D eigenvalue weighted by atomic mass is 10.1. The smallest absolute Gasteiger partial charge is 0.271 e. The summed E-state index contributed by atoms with van der Waals surface area (Å²) in [6.45, 7) is 3.76. The number of hydrogen-bond donors (Lipinski definition) is 2. The molecule has 2 aromatic carbocycles. The minimum atomic E-state index is -0.303. The molecule has 0 atom stereocenters. The van der Waals surface area contributed by atoms with E-state index in [1.807, 2.05) is 31.2 Å². The predicted octanol–water partition coefficient (Wildman–Crippen LogP) is 3.11. The molecule has 2 aromatic rings. The Hall–Kier alpha value is -2.95. The average molecular weight is 309 g/mol. The van der Waals surface area contributed by atoms with Gasteiger partial charge in [-0.2, -0.15) is 5.10 Å². The normalized spacial score (nSPS) is 10.5. The van der Waals surface area contributed by atoms with Crippen LogP contribution in [0.25, 0.3) is 0 Å². The predicted molar refractivity (Wildman–Crippen MR) is 91.6 cm³/mol. The van der Waals surface area contributed by atoms with Crippen LogP contribution >= 0.6 is 0 Å². The maximum Gasteiger partial charge on any atom is 0.271 e. The molecule has 0 aliphatic rings. The van der Waals surface area contributed by atoms with Gasteiger partial charge in [0.2, 0.25) is 5.91 Å². The Bertz CT molecular complexity index is 721. The number of amides is 2. The van der Waals surface area contributed by atoms with Crippen LogP contribution in [0.4, 0.5) is 5.69 Å². The molecule has 0 aliphatic heterocycles. The summed E-state index contributed by atoms with van der Waals surface area (Å²) in [6.07, 6.45) is 2.03. The van der Waals surface area contributed by atoms with Gasteiger partial charge in [0.05, 0.1) is 6.21 Å². The lowest BCUT2D eigenvalue weighted by molar-refractivity contribution is -0.115. The minimum absolute atomic E-state index is 0.0648. The maximum absolute atomic E-state index is 12.0. The third-order valence-electron chi connectivity index (χ3n) is 3.31. The van der Waals surface area contributed by atoms with Gasteiger partial charge in [0.25, 0.3) is 5.91 Å². The molecule has 0 fully saturated rings. The summed E-state index contributed by atoms with van der Waals surface area (Å²) in [4.78, 5) is 23.3. The number of rotatable bonds is 5. The van der Waals surface area contributed by atoms with Crippen LogP contribution < -0.4 is 10.7 Å². The number of nitrogens with one attached hydrogen (secondary N) is 2. The summed E-state index contributed by atoms with van der Waals surface area (Å²) in [6, 6.07) is 14.4. The maximum atomic E-state index is 12.0. The zero-order valence-corrected chi connectivity index (χ0v) is 13.2. The van der Waals surface area contributed by atoms with Crippen molar-refractivity contribution in [1.29, 1.82) is 0 Å². The van der Waals surface area contributed by atoms with Crippen LogP contribution in [0.2, 0.25) is 0 Å². The van der Waals surface area contributed by atoms with Crippen molar-refractivity contribution in [2.24, 2.45) is 5.10 Å². The Morgan fingerprint density at radius 1 is 1.09 bits per heavy atom. The summed E-state index contributed by atoms with van der Waals surface area (Å²) in [7, 11) is 0. The van der Waals surface area contributed by atoms with Crippen LogP contribution in [0.1, 0.15) is 34.8 Å². The number of hydrazone groups is 1. The Labute approximate surface area is 135 Å². The highest BCUT2D eigenvalue weighted by Gasteiger charge is 2.05. The van der Waals surface area contributed by atoms with Gasteiger partial charge in [-0.05, 0) is 42.3 Å². The molecule has 118 valence electrons. The molecular weight excluding hydrogens is 290 g/mol. The van der Waals surface area contributed by atoms with Gasteiger partial charge in [0.1, 0.15) is 0 Å². The van der Waals surface area contributed by atoms with Crippen LogP contribution in [-0.4, -0.2) is 18.0 Å². The lowest BCUT2D eigenvalue weighted by Gasteiger charge is -2.05. The molecule has 0 aliphatic carbocycles. The number of hydrogen-bond acceptors (Lipinski definition) is 3. The molecule has 2 rings (SSSR count). The van der Waals surface area contributed by atoms with E-state index in [4.69, 9.17) is 0 Å². The molecule has 0 saturated heterocycles. The van der Waals surface area contributed by atoms with Gasteiger partial charge in [-0.1, -0.05) is 31.2 Å². The molecule has 23 heavy (non-hydrogen) atoms. The molecular formula is C18H19N3O2. The first-order valence-electron chi connectivity index (χ1n) is 7.39. The third kappa shape index (κ3) is 4.78. The fraction of sp³-hybridized carbons (Fsp3) is 0.167. The highest BCUT2D eigenvalue weighted by Crippen LogP contribution is 2.10.